The summed E-state index contributed by atoms with van der Waals surface area (Å²) < 4.78 is 6.70. The summed E-state index contributed by atoms with van der Waals surface area (Å²) in [5, 5.41) is 9.79. The van der Waals surface area contributed by atoms with Crippen LogP contribution in [0.2, 0.25) is 0 Å². The second kappa shape index (κ2) is 10.2. The van der Waals surface area contributed by atoms with Gasteiger partial charge in [-0.3, -0.25) is 0 Å². The molecule has 1 heterocycles. The zero-order valence-corrected chi connectivity index (χ0v) is 25.6. The minimum atomic E-state index is 0.931. The van der Waals surface area contributed by atoms with Gasteiger partial charge in [-0.25, -0.2) is 0 Å². The Kier molecular flexibility index (Phi) is 5.64. The molecule has 0 atom stereocenters. The van der Waals surface area contributed by atoms with Gasteiger partial charge in [0, 0.05) is 16.3 Å². The molecule has 10 aromatic rings. The van der Waals surface area contributed by atoms with E-state index in [1.165, 1.54) is 76.5 Å². The minimum Gasteiger partial charge on any atom is -0.455 e. The summed E-state index contributed by atoms with van der Waals surface area (Å²) >= 11 is 0. The Morgan fingerprint density at radius 1 is 0.319 bits per heavy atom. The first-order valence-corrected chi connectivity index (χ1v) is 16.2. The Morgan fingerprint density at radius 3 is 1.49 bits per heavy atom. The zero-order chi connectivity index (χ0) is 30.9. The van der Waals surface area contributed by atoms with E-state index < -0.39 is 0 Å². The molecule has 0 amide bonds. The highest BCUT2D eigenvalue weighted by atomic mass is 16.3. The first-order valence-electron chi connectivity index (χ1n) is 16.2. The maximum absolute atomic E-state index is 6.70. The van der Waals surface area contributed by atoms with Gasteiger partial charge in [0.2, 0.25) is 0 Å². The molecule has 1 nitrogen and oxygen atoms in total. The van der Waals surface area contributed by atoms with Crippen LogP contribution in [0.1, 0.15) is 0 Å². The van der Waals surface area contributed by atoms with Gasteiger partial charge in [-0.1, -0.05) is 152 Å². The number of fused-ring (bicyclic) bond motifs is 2. The molecule has 0 N–H and O–H groups in total. The van der Waals surface area contributed by atoms with Crippen LogP contribution in [-0.2, 0) is 0 Å². The number of hydrogen-bond donors (Lipinski definition) is 0. The topological polar surface area (TPSA) is 13.1 Å². The lowest BCUT2D eigenvalue weighted by atomic mass is 9.82. The molecule has 47 heavy (non-hydrogen) atoms. The van der Waals surface area contributed by atoms with Crippen LogP contribution >= 0.6 is 0 Å². The maximum atomic E-state index is 6.70. The predicted octanol–water partition coefficient (Wildman–Crippen LogP) is 13.2. The molecule has 0 spiro atoms. The Labute approximate surface area is 272 Å². The van der Waals surface area contributed by atoms with Crippen LogP contribution < -0.4 is 0 Å². The van der Waals surface area contributed by atoms with Crippen molar-refractivity contribution < 1.29 is 4.42 Å². The van der Waals surface area contributed by atoms with E-state index in [4.69, 9.17) is 4.42 Å². The summed E-state index contributed by atoms with van der Waals surface area (Å²) in [6, 6.07) is 61.4. The summed E-state index contributed by atoms with van der Waals surface area (Å²) in [5.41, 5.74) is 11.6. The first-order chi connectivity index (χ1) is 23.3. The lowest BCUT2D eigenvalue weighted by molar-refractivity contribution is 0.670. The van der Waals surface area contributed by atoms with E-state index in [9.17, 15) is 0 Å². The van der Waals surface area contributed by atoms with Crippen molar-refractivity contribution in [2.75, 3.05) is 0 Å². The molecule has 0 radical (unpaired) electrons. The molecule has 1 heteroatoms. The van der Waals surface area contributed by atoms with Crippen molar-refractivity contribution in [1.29, 1.82) is 0 Å². The normalized spacial score (nSPS) is 11.8. The molecule has 10 rings (SSSR count). The van der Waals surface area contributed by atoms with Gasteiger partial charge >= 0.3 is 0 Å². The largest absolute Gasteiger partial charge is 0.455 e. The summed E-state index contributed by atoms with van der Waals surface area (Å²) in [5.74, 6) is 0. The highest BCUT2D eigenvalue weighted by Crippen LogP contribution is 2.50. The fourth-order valence-corrected chi connectivity index (χ4v) is 7.86. The van der Waals surface area contributed by atoms with Crippen LogP contribution in [0.15, 0.2) is 174 Å². The first kappa shape index (κ1) is 26.1. The van der Waals surface area contributed by atoms with E-state index in [0.29, 0.717) is 0 Å². The summed E-state index contributed by atoms with van der Waals surface area (Å²) in [6.45, 7) is 0. The van der Waals surface area contributed by atoms with Crippen LogP contribution in [0, 0.1) is 0 Å². The van der Waals surface area contributed by atoms with Crippen LogP contribution in [0.3, 0.4) is 0 Å². The smallest absolute Gasteiger partial charge is 0.143 e. The van der Waals surface area contributed by atoms with Crippen molar-refractivity contribution >= 4 is 54.3 Å². The average Bonchev–Trinajstić information content (AvgIpc) is 3.54. The highest BCUT2D eigenvalue weighted by molar-refractivity contribution is 6.31. The van der Waals surface area contributed by atoms with Gasteiger partial charge in [-0.05, 0) is 89.5 Å². The molecule has 9 aromatic carbocycles. The van der Waals surface area contributed by atoms with Crippen molar-refractivity contribution in [1.82, 2.24) is 0 Å². The Morgan fingerprint density at radius 2 is 0.851 bits per heavy atom. The molecule has 0 aliphatic heterocycles. The maximum Gasteiger partial charge on any atom is 0.143 e. The van der Waals surface area contributed by atoms with Crippen molar-refractivity contribution in [2.24, 2.45) is 0 Å². The van der Waals surface area contributed by atoms with E-state index in [0.717, 1.165) is 22.3 Å². The number of hydrogen-bond acceptors (Lipinski definition) is 1. The van der Waals surface area contributed by atoms with Gasteiger partial charge in [0.1, 0.15) is 11.2 Å². The van der Waals surface area contributed by atoms with Crippen molar-refractivity contribution in [3.05, 3.63) is 170 Å². The van der Waals surface area contributed by atoms with Crippen molar-refractivity contribution in [3.8, 4) is 44.5 Å². The highest BCUT2D eigenvalue weighted by Gasteiger charge is 2.23. The molecular weight excluding hydrogens is 569 g/mol. The van der Waals surface area contributed by atoms with Gasteiger partial charge in [0.15, 0.2) is 0 Å². The molecule has 0 aliphatic carbocycles. The molecular formula is C46H28O. The number of furan rings is 1. The van der Waals surface area contributed by atoms with E-state index in [-0.39, 0.29) is 0 Å². The van der Waals surface area contributed by atoms with Gasteiger partial charge in [0.05, 0.1) is 0 Å². The third-order valence-electron chi connectivity index (χ3n) is 9.83. The SMILES string of the molecule is c1ccc(-c2ccccc2-c2c3ccccc3c(-c3cc4cccc5oc6c(-c7ccccc7)ccc3c6c45)c3ccccc23)cc1. The zero-order valence-electron chi connectivity index (χ0n) is 25.6. The standard InChI is InChI=1S/C46H28O/c1-3-14-29(15-4-1)32-19-7-8-20-34(32)43-35-21-9-11-23-37(35)44(38-24-12-10-22-36(38)43)40-28-31-18-13-25-41-42(31)45-39(40)27-26-33(46(45)47-41)30-16-5-2-6-17-30/h1-28H. The fraction of sp³-hybridized carbons (Fsp3) is 0. The fourth-order valence-electron chi connectivity index (χ4n) is 7.86. The number of rotatable bonds is 4. The lowest BCUT2D eigenvalue weighted by Gasteiger charge is -2.21. The Hall–Kier alpha value is -6.18. The quantitative estimate of drug-likeness (QED) is 0.145. The third-order valence-corrected chi connectivity index (χ3v) is 9.83. The number of benzene rings is 9. The van der Waals surface area contributed by atoms with Crippen LogP contribution in [0.25, 0.3) is 98.8 Å². The average molecular weight is 597 g/mol. The van der Waals surface area contributed by atoms with E-state index in [1.807, 2.05) is 0 Å². The molecule has 0 saturated heterocycles. The predicted molar refractivity (Wildman–Crippen MR) is 199 cm³/mol. The second-order valence-corrected chi connectivity index (χ2v) is 12.4. The van der Waals surface area contributed by atoms with Crippen LogP contribution in [0.5, 0.6) is 0 Å². The van der Waals surface area contributed by atoms with E-state index in [1.54, 1.807) is 0 Å². The minimum absolute atomic E-state index is 0.931. The van der Waals surface area contributed by atoms with Crippen LogP contribution in [-0.4, -0.2) is 0 Å². The van der Waals surface area contributed by atoms with Gasteiger partial charge in [0.25, 0.3) is 0 Å². The van der Waals surface area contributed by atoms with Gasteiger partial charge < -0.3 is 4.42 Å². The van der Waals surface area contributed by atoms with Crippen molar-refractivity contribution in [3.63, 3.8) is 0 Å². The molecule has 0 saturated carbocycles. The van der Waals surface area contributed by atoms with Gasteiger partial charge in [-0.15, -0.1) is 0 Å². The summed E-state index contributed by atoms with van der Waals surface area (Å²) in [6.07, 6.45) is 0. The Balaban J connectivity index is 1.35. The second-order valence-electron chi connectivity index (χ2n) is 12.4. The monoisotopic (exact) mass is 596 g/mol. The molecule has 218 valence electrons. The third kappa shape index (κ3) is 3.84. The molecule has 0 fully saturated rings. The molecule has 1 aromatic heterocycles. The van der Waals surface area contributed by atoms with E-state index in [2.05, 4.69) is 170 Å². The summed E-state index contributed by atoms with van der Waals surface area (Å²) in [4.78, 5) is 0. The summed E-state index contributed by atoms with van der Waals surface area (Å²) in [7, 11) is 0. The van der Waals surface area contributed by atoms with Gasteiger partial charge in [-0.2, -0.15) is 0 Å². The lowest BCUT2D eigenvalue weighted by Crippen LogP contribution is -1.93. The Bertz CT molecular complexity index is 2710. The molecule has 0 aliphatic rings. The van der Waals surface area contributed by atoms with Crippen LogP contribution in [0.4, 0.5) is 0 Å². The molecule has 0 bridgehead atoms. The van der Waals surface area contributed by atoms with E-state index >= 15 is 0 Å². The molecule has 0 unspecified atom stereocenters. The van der Waals surface area contributed by atoms with Crippen molar-refractivity contribution in [2.45, 2.75) is 0 Å².